The number of anilines is 1. The molecule has 2 N–H and O–H groups in total. The lowest BCUT2D eigenvalue weighted by molar-refractivity contribution is -0.124. The highest BCUT2D eigenvalue weighted by molar-refractivity contribution is 5.79. The second kappa shape index (κ2) is 7.19. The Bertz CT molecular complexity index is 691. The lowest BCUT2D eigenvalue weighted by Gasteiger charge is -2.34. The van der Waals surface area contributed by atoms with Crippen LogP contribution in [0.3, 0.4) is 0 Å². The number of benzene rings is 1. The number of nitrogens with zero attached hydrogens (tertiary/aromatic N) is 3. The Balaban J connectivity index is 1.77. The van der Waals surface area contributed by atoms with Crippen LogP contribution in [0.2, 0.25) is 0 Å². The third-order valence-electron chi connectivity index (χ3n) is 4.97. The van der Waals surface area contributed by atoms with Crippen LogP contribution in [-0.2, 0) is 14.3 Å². The van der Waals surface area contributed by atoms with Crippen molar-refractivity contribution in [3.8, 4) is 0 Å². The summed E-state index contributed by atoms with van der Waals surface area (Å²) in [6.07, 6.45) is -1.26. The van der Waals surface area contributed by atoms with Gasteiger partial charge < -0.3 is 20.3 Å². The highest BCUT2D eigenvalue weighted by Crippen LogP contribution is 2.37. The molecule has 2 aliphatic heterocycles. The van der Waals surface area contributed by atoms with Crippen LogP contribution < -0.4 is 10.6 Å². The number of ether oxygens (including phenoxy) is 1. The van der Waals surface area contributed by atoms with Gasteiger partial charge in [-0.15, -0.1) is 5.12 Å². The number of halogens is 1. The van der Waals surface area contributed by atoms with E-state index in [0.717, 1.165) is 12.1 Å². The Morgan fingerprint density at radius 1 is 1.27 bits per heavy atom. The summed E-state index contributed by atoms with van der Waals surface area (Å²) in [7, 11) is 0. The maximum Gasteiger partial charge on any atom is 0.439 e. The highest BCUT2D eigenvalue weighted by atomic mass is 19.2. The Hall–Kier alpha value is -2.84. The molecule has 8 nitrogen and oxygen atoms in total. The van der Waals surface area contributed by atoms with E-state index in [1.54, 1.807) is 17.0 Å². The number of carbonyl (C=O) groups is 3. The van der Waals surface area contributed by atoms with Gasteiger partial charge in [-0.05, 0) is 24.6 Å². The predicted octanol–water partition coefficient (Wildman–Crippen LogP) is 0.833. The molecule has 2 fully saturated rings. The number of amides is 3. The van der Waals surface area contributed by atoms with Crippen LogP contribution in [0.1, 0.15) is 18.5 Å². The molecular weight excluding hydrogens is 343 g/mol. The molecule has 0 aliphatic carbocycles. The summed E-state index contributed by atoms with van der Waals surface area (Å²) in [6.45, 7) is 4.21. The summed E-state index contributed by atoms with van der Waals surface area (Å²) < 4.78 is 19.2. The van der Waals surface area contributed by atoms with Gasteiger partial charge in [0.2, 0.25) is 12.3 Å². The topological polar surface area (TPSA) is 96.2 Å². The fourth-order valence-electron chi connectivity index (χ4n) is 3.30. The van der Waals surface area contributed by atoms with Gasteiger partial charge in [-0.3, -0.25) is 9.59 Å². The van der Waals surface area contributed by atoms with Crippen LogP contribution >= 0.6 is 0 Å². The zero-order chi connectivity index (χ0) is 18.8. The zero-order valence-electron chi connectivity index (χ0n) is 14.4. The summed E-state index contributed by atoms with van der Waals surface area (Å²) in [5, 5.41) is 0.00195. The van der Waals surface area contributed by atoms with Crippen LogP contribution in [-0.4, -0.2) is 60.7 Å². The van der Waals surface area contributed by atoms with E-state index in [1.165, 1.54) is 6.92 Å². The zero-order valence-corrected chi connectivity index (χ0v) is 14.4. The van der Waals surface area contributed by atoms with E-state index in [1.807, 2.05) is 12.1 Å². The van der Waals surface area contributed by atoms with E-state index in [2.05, 4.69) is 4.90 Å². The highest BCUT2D eigenvalue weighted by Gasteiger charge is 2.47. The van der Waals surface area contributed by atoms with Crippen LogP contribution in [0.4, 0.5) is 15.0 Å². The largest absolute Gasteiger partial charge is 0.441 e. The molecule has 3 unspecified atom stereocenters. The molecule has 3 amide bonds. The van der Waals surface area contributed by atoms with Gasteiger partial charge in [-0.1, -0.05) is 16.6 Å². The van der Waals surface area contributed by atoms with Gasteiger partial charge in [0.05, 0.1) is 5.92 Å². The number of cyclic esters (lactones) is 1. The molecule has 1 aromatic rings. The number of hydrogen-bond donors (Lipinski definition) is 1. The van der Waals surface area contributed by atoms with Gasteiger partial charge in [-0.25, -0.2) is 4.79 Å². The first kappa shape index (κ1) is 18.0. The molecule has 2 heterocycles. The normalized spacial score (nSPS) is 24.4. The molecule has 0 radical (unpaired) electrons. The molecule has 0 aromatic heterocycles. The first-order valence-corrected chi connectivity index (χ1v) is 8.41. The number of rotatable bonds is 5. The minimum atomic E-state index is -1.12. The molecular formula is C17H21FN4O4. The summed E-state index contributed by atoms with van der Waals surface area (Å²) in [4.78, 5) is 37.7. The third-order valence-corrected chi connectivity index (χ3v) is 4.97. The van der Waals surface area contributed by atoms with E-state index >= 15 is 0 Å². The third kappa shape index (κ3) is 3.29. The second-order valence-electron chi connectivity index (χ2n) is 6.52. The van der Waals surface area contributed by atoms with E-state index in [4.69, 9.17) is 10.5 Å². The number of carbonyl (C=O) groups excluding carboxylic acids is 3. The van der Waals surface area contributed by atoms with Gasteiger partial charge in [0, 0.05) is 31.9 Å². The smallest absolute Gasteiger partial charge is 0.439 e. The fraction of sp³-hybridized carbons (Fsp3) is 0.471. The van der Waals surface area contributed by atoms with Crippen molar-refractivity contribution in [1.29, 1.82) is 0 Å². The minimum Gasteiger partial charge on any atom is -0.441 e. The summed E-state index contributed by atoms with van der Waals surface area (Å²) >= 11 is 0. The van der Waals surface area contributed by atoms with Gasteiger partial charge in [0.1, 0.15) is 12.1 Å². The van der Waals surface area contributed by atoms with Crippen molar-refractivity contribution in [3.63, 3.8) is 0 Å². The van der Waals surface area contributed by atoms with E-state index in [0.29, 0.717) is 31.7 Å². The summed E-state index contributed by atoms with van der Waals surface area (Å²) in [5.41, 5.74) is 6.74. The number of piperazine rings is 1. The van der Waals surface area contributed by atoms with Gasteiger partial charge in [0.25, 0.3) is 0 Å². The Labute approximate surface area is 150 Å². The van der Waals surface area contributed by atoms with E-state index < -0.39 is 30.1 Å². The molecule has 3 atom stereocenters. The number of primary amides is 1. The molecule has 1 aromatic carbocycles. The van der Waals surface area contributed by atoms with Crippen molar-refractivity contribution in [2.24, 2.45) is 11.7 Å². The van der Waals surface area contributed by atoms with Gasteiger partial charge in [0.15, 0.2) is 0 Å². The predicted molar refractivity (Wildman–Crippen MR) is 90.6 cm³/mol. The molecule has 2 aliphatic rings. The van der Waals surface area contributed by atoms with Gasteiger partial charge in [-0.2, -0.15) is 0 Å². The molecule has 26 heavy (non-hydrogen) atoms. The van der Waals surface area contributed by atoms with Crippen molar-refractivity contribution in [2.75, 3.05) is 31.1 Å². The molecule has 0 saturated carbocycles. The van der Waals surface area contributed by atoms with Crippen molar-refractivity contribution in [2.45, 2.75) is 19.1 Å². The number of hydrogen-bond acceptors (Lipinski definition) is 5. The molecule has 140 valence electrons. The van der Waals surface area contributed by atoms with Crippen LogP contribution in [0.25, 0.3) is 0 Å². The minimum absolute atomic E-state index is 0.00195. The second-order valence-corrected chi connectivity index (χ2v) is 6.52. The first-order chi connectivity index (χ1) is 12.4. The van der Waals surface area contributed by atoms with Gasteiger partial charge >= 0.3 is 6.09 Å². The van der Waals surface area contributed by atoms with Crippen molar-refractivity contribution < 1.29 is 23.6 Å². The maximum atomic E-state index is 14.2. The Morgan fingerprint density at radius 2 is 1.88 bits per heavy atom. The summed E-state index contributed by atoms with van der Waals surface area (Å²) in [6, 6.07) is 6.05. The van der Waals surface area contributed by atoms with Crippen molar-refractivity contribution >= 4 is 24.1 Å². The SMILES string of the molecule is CC(C(N)=O)C1OC(=O)N(F)C1c1ccc(N2CCN(C=O)CC2)cc1. The van der Waals surface area contributed by atoms with Crippen molar-refractivity contribution in [3.05, 3.63) is 29.8 Å². The standard InChI is InChI=1S/C17H21FN4O4/c1-11(16(19)24)15-14(22(18)17(25)26-15)12-2-4-13(5-3-12)21-8-6-20(10-23)7-9-21/h2-5,10-11,14-15H,6-9H2,1H3,(H2,19,24). The van der Waals surface area contributed by atoms with Crippen molar-refractivity contribution in [1.82, 2.24) is 10.0 Å². The quantitative estimate of drug-likeness (QED) is 0.617. The Kier molecular flexibility index (Phi) is 4.97. The summed E-state index contributed by atoms with van der Waals surface area (Å²) in [5.74, 6) is -1.48. The molecule has 3 rings (SSSR count). The lowest BCUT2D eigenvalue weighted by Crippen LogP contribution is -2.45. The molecule has 0 bridgehead atoms. The van der Waals surface area contributed by atoms with E-state index in [9.17, 15) is 18.9 Å². The molecule has 9 heteroatoms. The molecule has 0 spiro atoms. The maximum absolute atomic E-state index is 14.2. The first-order valence-electron chi connectivity index (χ1n) is 8.41. The van der Waals surface area contributed by atoms with Crippen LogP contribution in [0.5, 0.6) is 0 Å². The van der Waals surface area contributed by atoms with E-state index in [-0.39, 0.29) is 5.12 Å². The van der Waals surface area contributed by atoms with Crippen LogP contribution in [0, 0.1) is 5.92 Å². The lowest BCUT2D eigenvalue weighted by atomic mass is 9.92. The molecule has 2 saturated heterocycles. The monoisotopic (exact) mass is 364 g/mol. The average Bonchev–Trinajstić information content (AvgIpc) is 2.96. The van der Waals surface area contributed by atoms with Crippen LogP contribution in [0.15, 0.2) is 24.3 Å². The Morgan fingerprint density at radius 3 is 2.42 bits per heavy atom. The average molecular weight is 364 g/mol. The fourth-order valence-corrected chi connectivity index (χ4v) is 3.30. The number of nitrogens with two attached hydrogens (primary N) is 1.